The summed E-state index contributed by atoms with van der Waals surface area (Å²) in [5.41, 5.74) is 0.893. The van der Waals surface area contributed by atoms with Crippen molar-refractivity contribution in [1.29, 1.82) is 0 Å². The number of aryl methyl sites for hydroxylation is 1. The highest BCUT2D eigenvalue weighted by Gasteiger charge is 2.45. The molecule has 1 fully saturated rings. The van der Waals surface area contributed by atoms with Gasteiger partial charge in [0, 0.05) is 0 Å². The molecule has 1 aromatic rings. The van der Waals surface area contributed by atoms with Gasteiger partial charge in [-0.05, 0) is 19.1 Å². The molecule has 1 aliphatic rings. The summed E-state index contributed by atoms with van der Waals surface area (Å²) in [6, 6.07) is 4.61. The van der Waals surface area contributed by atoms with E-state index in [9.17, 15) is 18.3 Å². The van der Waals surface area contributed by atoms with Crippen molar-refractivity contribution in [1.82, 2.24) is 4.72 Å². The van der Waals surface area contributed by atoms with Crippen LogP contribution in [0.1, 0.15) is 5.56 Å². The van der Waals surface area contributed by atoms with E-state index in [4.69, 9.17) is 5.11 Å². The van der Waals surface area contributed by atoms with Crippen LogP contribution in [0.3, 0.4) is 0 Å². The number of rotatable bonds is 4. The Balaban J connectivity index is 2.20. The van der Waals surface area contributed by atoms with Crippen molar-refractivity contribution >= 4 is 16.0 Å². The van der Waals surface area contributed by atoms with Gasteiger partial charge in [0.15, 0.2) is 6.10 Å². The van der Waals surface area contributed by atoms with E-state index < -0.39 is 40.8 Å². The number of cyclic esters (lactones) is 1. The predicted octanol–water partition coefficient (Wildman–Crippen LogP) is -1.08. The minimum atomic E-state index is -3.95. The first-order chi connectivity index (χ1) is 9.35. The third-order valence-corrected chi connectivity index (χ3v) is 4.49. The predicted molar refractivity (Wildman–Crippen MR) is 68.3 cm³/mol. The Morgan fingerprint density at radius 3 is 2.40 bits per heavy atom. The number of nitrogens with one attached hydrogen (secondary N) is 1. The summed E-state index contributed by atoms with van der Waals surface area (Å²) in [5.74, 6) is -0.910. The van der Waals surface area contributed by atoms with Gasteiger partial charge < -0.3 is 14.9 Å². The average Bonchev–Trinajstić information content (AvgIpc) is 2.66. The van der Waals surface area contributed by atoms with Gasteiger partial charge in [-0.2, -0.15) is 4.72 Å². The standard InChI is InChI=1S/C12H15NO6S/c1-7-2-4-8(5-3-7)20(17,18)13-10-11(15)9(6-14)19-12(10)16/h2-5,9-11,13-15H,6H2,1H3/t9-,10+,11-/m1/s1. The van der Waals surface area contributed by atoms with Gasteiger partial charge in [0.2, 0.25) is 10.0 Å². The molecule has 0 aliphatic carbocycles. The smallest absolute Gasteiger partial charge is 0.327 e. The van der Waals surface area contributed by atoms with E-state index in [1.165, 1.54) is 12.1 Å². The van der Waals surface area contributed by atoms with Crippen LogP contribution in [0.5, 0.6) is 0 Å². The number of hydrogen-bond donors (Lipinski definition) is 3. The van der Waals surface area contributed by atoms with Crippen molar-refractivity contribution in [3.8, 4) is 0 Å². The maximum absolute atomic E-state index is 12.1. The highest BCUT2D eigenvalue weighted by molar-refractivity contribution is 7.89. The molecule has 3 atom stereocenters. The molecule has 1 saturated heterocycles. The number of benzene rings is 1. The molecule has 0 bridgehead atoms. The Morgan fingerprint density at radius 2 is 1.90 bits per heavy atom. The molecule has 0 spiro atoms. The van der Waals surface area contributed by atoms with Crippen molar-refractivity contribution in [2.75, 3.05) is 6.61 Å². The second-order valence-corrected chi connectivity index (χ2v) is 6.27. The first-order valence-electron chi connectivity index (χ1n) is 5.93. The van der Waals surface area contributed by atoms with Crippen molar-refractivity contribution in [2.45, 2.75) is 30.1 Å². The summed E-state index contributed by atoms with van der Waals surface area (Å²) >= 11 is 0. The molecule has 110 valence electrons. The number of carbonyl (C=O) groups is 1. The molecule has 0 saturated carbocycles. The lowest BCUT2D eigenvalue weighted by molar-refractivity contribution is -0.144. The number of hydrogen-bond acceptors (Lipinski definition) is 6. The molecule has 1 aromatic carbocycles. The van der Waals surface area contributed by atoms with Gasteiger partial charge in [0.1, 0.15) is 12.1 Å². The number of aliphatic hydroxyl groups excluding tert-OH is 2. The zero-order valence-electron chi connectivity index (χ0n) is 10.7. The summed E-state index contributed by atoms with van der Waals surface area (Å²) < 4.78 is 30.9. The molecule has 2 rings (SSSR count). The summed E-state index contributed by atoms with van der Waals surface area (Å²) in [6.07, 6.45) is -2.54. The van der Waals surface area contributed by atoms with E-state index in [1.54, 1.807) is 12.1 Å². The van der Waals surface area contributed by atoms with E-state index >= 15 is 0 Å². The largest absolute Gasteiger partial charge is 0.456 e. The Bertz CT molecular complexity index is 597. The first kappa shape index (κ1) is 14.9. The topological polar surface area (TPSA) is 113 Å². The fourth-order valence-electron chi connectivity index (χ4n) is 1.86. The monoisotopic (exact) mass is 301 g/mol. The fraction of sp³-hybridized carbons (Fsp3) is 0.417. The van der Waals surface area contributed by atoms with Gasteiger partial charge in [-0.3, -0.25) is 4.79 Å². The molecule has 0 unspecified atom stereocenters. The van der Waals surface area contributed by atoms with Crippen LogP contribution < -0.4 is 4.72 Å². The van der Waals surface area contributed by atoms with Crippen molar-refractivity contribution in [3.63, 3.8) is 0 Å². The van der Waals surface area contributed by atoms with E-state index in [1.807, 2.05) is 6.92 Å². The molecule has 20 heavy (non-hydrogen) atoms. The van der Waals surface area contributed by atoms with Crippen molar-refractivity contribution < 1.29 is 28.2 Å². The third kappa shape index (κ3) is 2.83. The number of esters is 1. The van der Waals surface area contributed by atoms with Gasteiger partial charge in [-0.1, -0.05) is 17.7 Å². The Morgan fingerprint density at radius 1 is 1.30 bits per heavy atom. The van der Waals surface area contributed by atoms with Crippen LogP contribution in [-0.2, 0) is 19.6 Å². The van der Waals surface area contributed by atoms with E-state index in [0.29, 0.717) is 0 Å². The molecule has 1 aliphatic heterocycles. The molecular formula is C12H15NO6S. The van der Waals surface area contributed by atoms with Crippen molar-refractivity contribution in [2.24, 2.45) is 0 Å². The SMILES string of the molecule is Cc1ccc(S(=O)(=O)N[C@@H]2C(=O)O[C@H](CO)[C@H]2O)cc1. The maximum Gasteiger partial charge on any atom is 0.327 e. The van der Waals surface area contributed by atoms with Gasteiger partial charge in [-0.25, -0.2) is 8.42 Å². The molecule has 3 N–H and O–H groups in total. The van der Waals surface area contributed by atoms with Gasteiger partial charge in [-0.15, -0.1) is 0 Å². The Labute approximate surface area is 116 Å². The Hall–Kier alpha value is -1.48. The van der Waals surface area contributed by atoms with Crippen LogP contribution in [0.15, 0.2) is 29.2 Å². The van der Waals surface area contributed by atoms with Crippen LogP contribution in [0.2, 0.25) is 0 Å². The van der Waals surface area contributed by atoms with Gasteiger partial charge in [0.05, 0.1) is 11.5 Å². The van der Waals surface area contributed by atoms with Crippen LogP contribution in [-0.4, -0.2) is 49.5 Å². The summed E-state index contributed by atoms with van der Waals surface area (Å²) in [5, 5.41) is 18.6. The van der Waals surface area contributed by atoms with Crippen LogP contribution >= 0.6 is 0 Å². The van der Waals surface area contributed by atoms with E-state index in [0.717, 1.165) is 5.56 Å². The lowest BCUT2D eigenvalue weighted by atomic mass is 10.1. The lowest BCUT2D eigenvalue weighted by Crippen LogP contribution is -2.46. The minimum Gasteiger partial charge on any atom is -0.456 e. The molecular weight excluding hydrogens is 286 g/mol. The summed E-state index contributed by atoms with van der Waals surface area (Å²) in [4.78, 5) is 11.5. The normalized spacial score (nSPS) is 26.6. The van der Waals surface area contributed by atoms with Crippen LogP contribution in [0.4, 0.5) is 0 Å². The molecule has 7 nitrogen and oxygen atoms in total. The Kier molecular flexibility index (Phi) is 4.09. The zero-order chi connectivity index (χ0) is 14.9. The van der Waals surface area contributed by atoms with Crippen LogP contribution in [0.25, 0.3) is 0 Å². The number of ether oxygens (including phenoxy) is 1. The molecule has 0 amide bonds. The summed E-state index contributed by atoms with van der Waals surface area (Å²) in [7, 11) is -3.95. The molecule has 1 heterocycles. The van der Waals surface area contributed by atoms with Crippen molar-refractivity contribution in [3.05, 3.63) is 29.8 Å². The molecule has 0 aromatic heterocycles. The fourth-order valence-corrected chi connectivity index (χ4v) is 3.06. The second-order valence-electron chi connectivity index (χ2n) is 4.56. The van der Waals surface area contributed by atoms with Gasteiger partial charge >= 0.3 is 5.97 Å². The molecule has 0 radical (unpaired) electrons. The van der Waals surface area contributed by atoms with E-state index in [2.05, 4.69) is 9.46 Å². The maximum atomic E-state index is 12.1. The lowest BCUT2D eigenvalue weighted by Gasteiger charge is -2.15. The minimum absolute atomic E-state index is 0.0180. The zero-order valence-corrected chi connectivity index (χ0v) is 11.5. The highest BCUT2D eigenvalue weighted by atomic mass is 32.2. The number of carbonyl (C=O) groups excluding carboxylic acids is 1. The van der Waals surface area contributed by atoms with Gasteiger partial charge in [0.25, 0.3) is 0 Å². The average molecular weight is 301 g/mol. The number of sulfonamides is 1. The summed E-state index contributed by atoms with van der Waals surface area (Å²) in [6.45, 7) is 1.24. The second kappa shape index (κ2) is 5.49. The first-order valence-corrected chi connectivity index (χ1v) is 7.42. The highest BCUT2D eigenvalue weighted by Crippen LogP contribution is 2.18. The quantitative estimate of drug-likeness (QED) is 0.610. The molecule has 8 heteroatoms. The van der Waals surface area contributed by atoms with E-state index in [-0.39, 0.29) is 4.90 Å². The third-order valence-electron chi connectivity index (χ3n) is 3.04. The van der Waals surface area contributed by atoms with Crippen LogP contribution in [0, 0.1) is 6.92 Å². The number of aliphatic hydroxyl groups is 2.